The van der Waals surface area contributed by atoms with Crippen LogP contribution in [0.1, 0.15) is 34.2 Å². The van der Waals surface area contributed by atoms with Crippen molar-refractivity contribution in [3.05, 3.63) is 83.7 Å². The fourth-order valence-corrected chi connectivity index (χ4v) is 4.56. The number of imidazole rings is 1. The molecule has 4 rings (SSSR count). The molecule has 0 radical (unpaired) electrons. The minimum Gasteiger partial charge on any atom is -0.478 e. The number of carbonyl (C=O) groups is 1. The van der Waals surface area contributed by atoms with E-state index in [4.69, 9.17) is 4.98 Å². The van der Waals surface area contributed by atoms with Crippen LogP contribution in [0.25, 0.3) is 0 Å². The van der Waals surface area contributed by atoms with E-state index in [2.05, 4.69) is 45.3 Å². The number of pyridine rings is 1. The second kappa shape index (κ2) is 10.3. The first-order valence-electron chi connectivity index (χ1n) is 11.9. The van der Waals surface area contributed by atoms with Crippen molar-refractivity contribution in [1.82, 2.24) is 19.4 Å². The van der Waals surface area contributed by atoms with Crippen molar-refractivity contribution in [1.29, 1.82) is 0 Å². The number of aromatic nitrogens is 3. The van der Waals surface area contributed by atoms with Crippen LogP contribution in [0, 0.1) is 13.8 Å². The van der Waals surface area contributed by atoms with E-state index in [1.807, 2.05) is 43.8 Å². The molecule has 3 aromatic rings. The minimum atomic E-state index is -0.938. The third-order valence-corrected chi connectivity index (χ3v) is 6.71. The standard InChI is InChI=1S/C27H34N6O2/c1-19-9-10-23(27(34)35)13-25(19)33(17-24-14-28-18-30(24)5)22(4)16-31-11-12-32(15-21(31)3)26-8-6-7-20(2)29-26/h6-10,13-14,18,21H,4,11-12,15-17H2,1-3,5H3,(H,34,35)/t21-/m0/s1. The fourth-order valence-electron chi connectivity index (χ4n) is 4.56. The number of hydrogen-bond donors (Lipinski definition) is 1. The Hall–Kier alpha value is -3.65. The molecule has 0 unspecified atom stereocenters. The van der Waals surface area contributed by atoms with Gasteiger partial charge in [0.15, 0.2) is 0 Å². The Balaban J connectivity index is 1.54. The topological polar surface area (TPSA) is 77.7 Å². The molecule has 1 aliphatic rings. The molecule has 1 saturated heterocycles. The van der Waals surface area contributed by atoms with Crippen LogP contribution in [0.2, 0.25) is 0 Å². The first-order chi connectivity index (χ1) is 16.7. The number of aromatic carboxylic acids is 1. The van der Waals surface area contributed by atoms with Gasteiger partial charge in [-0.05, 0) is 50.6 Å². The third kappa shape index (κ3) is 5.54. The molecule has 0 saturated carbocycles. The maximum atomic E-state index is 11.7. The molecule has 0 aliphatic carbocycles. The summed E-state index contributed by atoms with van der Waals surface area (Å²) in [5.74, 6) is 0.0844. The van der Waals surface area contributed by atoms with Gasteiger partial charge < -0.3 is 19.5 Å². The smallest absolute Gasteiger partial charge is 0.335 e. The van der Waals surface area contributed by atoms with E-state index in [9.17, 15) is 9.90 Å². The predicted molar refractivity (Wildman–Crippen MR) is 139 cm³/mol. The van der Waals surface area contributed by atoms with Gasteiger partial charge in [0.1, 0.15) is 5.82 Å². The highest BCUT2D eigenvalue weighted by Gasteiger charge is 2.27. The number of carboxylic acid groups (broad SMARTS) is 1. The lowest BCUT2D eigenvalue weighted by Crippen LogP contribution is -2.53. The summed E-state index contributed by atoms with van der Waals surface area (Å²) >= 11 is 0. The Labute approximate surface area is 207 Å². The van der Waals surface area contributed by atoms with Crippen LogP contribution in [0.3, 0.4) is 0 Å². The first-order valence-corrected chi connectivity index (χ1v) is 11.9. The van der Waals surface area contributed by atoms with E-state index in [-0.39, 0.29) is 5.56 Å². The van der Waals surface area contributed by atoms with Crippen LogP contribution in [-0.2, 0) is 13.6 Å². The van der Waals surface area contributed by atoms with Gasteiger partial charge in [-0.3, -0.25) is 4.90 Å². The molecule has 2 aromatic heterocycles. The Bertz CT molecular complexity index is 1220. The molecule has 1 fully saturated rings. The van der Waals surface area contributed by atoms with Gasteiger partial charge in [0.2, 0.25) is 0 Å². The molecule has 184 valence electrons. The average molecular weight is 475 g/mol. The number of carboxylic acids is 1. The molecule has 0 amide bonds. The Morgan fingerprint density at radius 3 is 2.69 bits per heavy atom. The van der Waals surface area contributed by atoms with Crippen LogP contribution >= 0.6 is 0 Å². The zero-order valence-electron chi connectivity index (χ0n) is 21.0. The van der Waals surface area contributed by atoms with Crippen molar-refractivity contribution in [3.63, 3.8) is 0 Å². The molecule has 1 aromatic carbocycles. The van der Waals surface area contributed by atoms with Crippen molar-refractivity contribution >= 4 is 17.5 Å². The lowest BCUT2D eigenvalue weighted by atomic mass is 10.1. The zero-order chi connectivity index (χ0) is 25.1. The lowest BCUT2D eigenvalue weighted by molar-refractivity contribution is 0.0697. The van der Waals surface area contributed by atoms with Gasteiger partial charge in [0, 0.05) is 62.5 Å². The molecule has 8 nitrogen and oxygen atoms in total. The SMILES string of the molecule is C=C(CN1CCN(c2cccc(C)n2)C[C@@H]1C)N(Cc1cncn1C)c1cc(C(=O)O)ccc1C. The van der Waals surface area contributed by atoms with Crippen LogP contribution in [0.15, 0.2) is 61.2 Å². The fraction of sp³-hybridized carbons (Fsp3) is 0.370. The van der Waals surface area contributed by atoms with Gasteiger partial charge in [-0.25, -0.2) is 14.8 Å². The number of benzene rings is 1. The van der Waals surface area contributed by atoms with Crippen molar-refractivity contribution in [2.45, 2.75) is 33.4 Å². The molecule has 1 N–H and O–H groups in total. The minimum absolute atomic E-state index is 0.265. The van der Waals surface area contributed by atoms with E-state index in [1.165, 1.54) is 0 Å². The van der Waals surface area contributed by atoms with E-state index >= 15 is 0 Å². The summed E-state index contributed by atoms with van der Waals surface area (Å²) in [5, 5.41) is 9.58. The first kappa shape index (κ1) is 24.5. The highest BCUT2D eigenvalue weighted by atomic mass is 16.4. The number of nitrogens with zero attached hydrogens (tertiary/aromatic N) is 6. The maximum absolute atomic E-state index is 11.7. The quantitative estimate of drug-likeness (QED) is 0.531. The Morgan fingerprint density at radius 2 is 2.03 bits per heavy atom. The van der Waals surface area contributed by atoms with Crippen molar-refractivity contribution in [3.8, 4) is 0 Å². The molecule has 0 spiro atoms. The van der Waals surface area contributed by atoms with Gasteiger partial charge >= 0.3 is 5.97 Å². The normalized spacial score (nSPS) is 16.3. The van der Waals surface area contributed by atoms with Gasteiger partial charge in [0.25, 0.3) is 0 Å². The van der Waals surface area contributed by atoms with Crippen LogP contribution in [-0.4, -0.2) is 62.7 Å². The molecule has 35 heavy (non-hydrogen) atoms. The molecular weight excluding hydrogens is 440 g/mol. The summed E-state index contributed by atoms with van der Waals surface area (Å²) in [4.78, 5) is 27.5. The van der Waals surface area contributed by atoms with E-state index in [1.54, 1.807) is 18.5 Å². The summed E-state index contributed by atoms with van der Waals surface area (Å²) in [7, 11) is 1.96. The molecule has 1 atom stereocenters. The summed E-state index contributed by atoms with van der Waals surface area (Å²) in [5.41, 5.74) is 5.09. The lowest BCUT2D eigenvalue weighted by Gasteiger charge is -2.42. The van der Waals surface area contributed by atoms with Crippen LogP contribution in [0.4, 0.5) is 11.5 Å². The average Bonchev–Trinajstić information content (AvgIpc) is 3.23. The van der Waals surface area contributed by atoms with Gasteiger partial charge in [0.05, 0.1) is 24.1 Å². The molecule has 3 heterocycles. The maximum Gasteiger partial charge on any atom is 0.335 e. The van der Waals surface area contributed by atoms with E-state index < -0.39 is 5.97 Å². The second-order valence-electron chi connectivity index (χ2n) is 9.36. The summed E-state index contributed by atoms with van der Waals surface area (Å²) in [6.45, 7) is 14.6. The predicted octanol–water partition coefficient (Wildman–Crippen LogP) is 3.86. The van der Waals surface area contributed by atoms with Gasteiger partial charge in [-0.1, -0.05) is 18.7 Å². The summed E-state index contributed by atoms with van der Waals surface area (Å²) in [6.07, 6.45) is 3.62. The monoisotopic (exact) mass is 474 g/mol. The van der Waals surface area contributed by atoms with Crippen molar-refractivity contribution in [2.24, 2.45) is 7.05 Å². The second-order valence-corrected chi connectivity index (χ2v) is 9.36. The highest BCUT2D eigenvalue weighted by molar-refractivity contribution is 5.89. The van der Waals surface area contributed by atoms with Crippen LogP contribution < -0.4 is 9.80 Å². The molecule has 1 aliphatic heterocycles. The number of aryl methyl sites for hydroxylation is 3. The van der Waals surface area contributed by atoms with Crippen molar-refractivity contribution in [2.75, 3.05) is 36.0 Å². The van der Waals surface area contributed by atoms with Crippen LogP contribution in [0.5, 0.6) is 0 Å². The van der Waals surface area contributed by atoms with Crippen molar-refractivity contribution < 1.29 is 9.90 Å². The third-order valence-electron chi connectivity index (χ3n) is 6.71. The Morgan fingerprint density at radius 1 is 1.23 bits per heavy atom. The Kier molecular flexibility index (Phi) is 7.21. The zero-order valence-corrected chi connectivity index (χ0v) is 21.0. The number of hydrogen-bond acceptors (Lipinski definition) is 6. The number of piperazine rings is 1. The molecular formula is C27H34N6O2. The van der Waals surface area contributed by atoms with Gasteiger partial charge in [-0.2, -0.15) is 0 Å². The number of rotatable bonds is 8. The highest BCUT2D eigenvalue weighted by Crippen LogP contribution is 2.28. The van der Waals surface area contributed by atoms with E-state index in [0.29, 0.717) is 19.1 Å². The summed E-state index contributed by atoms with van der Waals surface area (Å²) < 4.78 is 1.98. The molecule has 8 heteroatoms. The molecule has 0 bridgehead atoms. The van der Waals surface area contributed by atoms with Gasteiger partial charge in [-0.15, -0.1) is 0 Å². The summed E-state index contributed by atoms with van der Waals surface area (Å²) in [6, 6.07) is 11.7. The largest absolute Gasteiger partial charge is 0.478 e. The van der Waals surface area contributed by atoms with E-state index in [0.717, 1.165) is 53.8 Å². The number of anilines is 2.